The molecule has 1 aliphatic heterocycles. The number of hydrogen-bond acceptors (Lipinski definition) is 6. The lowest BCUT2D eigenvalue weighted by molar-refractivity contribution is -0.525. The molecule has 0 aliphatic carbocycles. The topological polar surface area (TPSA) is 118 Å². The number of ketones is 1. The first kappa shape index (κ1) is 31.7. The van der Waals surface area contributed by atoms with Crippen molar-refractivity contribution in [1.29, 1.82) is 0 Å². The summed E-state index contributed by atoms with van der Waals surface area (Å²) in [5, 5.41) is 19.3. The fourth-order valence-electron chi connectivity index (χ4n) is 4.54. The average molecular weight is 518 g/mol. The van der Waals surface area contributed by atoms with Crippen LogP contribution < -0.4 is 0 Å². The number of aliphatic hydroxyl groups is 2. The van der Waals surface area contributed by atoms with E-state index in [9.17, 15) is 23.4 Å². The van der Waals surface area contributed by atoms with Crippen LogP contribution in [0.2, 0.25) is 0 Å². The number of carbonyl (C=O) groups is 1. The molecule has 0 saturated heterocycles. The molecule has 0 amide bonds. The summed E-state index contributed by atoms with van der Waals surface area (Å²) >= 11 is 0. The molecule has 0 radical (unpaired) electrons. The number of unbranched alkanes of at least 4 members (excludes halogenated alkanes) is 11. The maximum absolute atomic E-state index is 12.9. The lowest BCUT2D eigenvalue weighted by atomic mass is 10.1. The number of carbonyl (C=O) groups excluding carboxylic acids is 1. The highest BCUT2D eigenvalue weighted by molar-refractivity contribution is 7.85. The largest absolute Gasteiger partial charge is 0.392 e. The Balaban J connectivity index is 2.28. The van der Waals surface area contributed by atoms with Gasteiger partial charge in [0.05, 0.1) is 6.61 Å². The van der Waals surface area contributed by atoms with E-state index in [1.54, 1.807) is 9.48 Å². The molecule has 1 heterocycles. The Labute approximate surface area is 212 Å². The van der Waals surface area contributed by atoms with Gasteiger partial charge in [0, 0.05) is 6.42 Å². The third-order valence-electron chi connectivity index (χ3n) is 6.36. The highest BCUT2D eigenvalue weighted by atomic mass is 32.2. The molecular formula is C26H49N2O6S+. The van der Waals surface area contributed by atoms with Gasteiger partial charge in [0.1, 0.15) is 38.0 Å². The van der Waals surface area contributed by atoms with Crippen LogP contribution in [0.5, 0.6) is 0 Å². The Morgan fingerprint density at radius 2 is 1.57 bits per heavy atom. The zero-order valence-electron chi connectivity index (χ0n) is 21.7. The summed E-state index contributed by atoms with van der Waals surface area (Å²) in [5.74, 6) is -0.392. The minimum absolute atomic E-state index is 0.0492. The predicted octanol–water partition coefficient (Wildman–Crippen LogP) is 3.56. The van der Waals surface area contributed by atoms with Gasteiger partial charge in [-0.05, 0) is 32.1 Å². The maximum atomic E-state index is 12.9. The summed E-state index contributed by atoms with van der Waals surface area (Å²) < 4.78 is 32.7. The van der Waals surface area contributed by atoms with Gasteiger partial charge in [-0.3, -0.25) is 18.8 Å². The average Bonchev–Trinajstić information content (AvgIpc) is 3.17. The molecule has 0 spiro atoms. The second-order valence-corrected chi connectivity index (χ2v) is 11.1. The molecule has 8 nitrogen and oxygen atoms in total. The van der Waals surface area contributed by atoms with Crippen molar-refractivity contribution in [2.75, 3.05) is 38.5 Å². The van der Waals surface area contributed by atoms with Crippen molar-refractivity contribution in [2.24, 2.45) is 0 Å². The Hall–Kier alpha value is -1.29. The van der Waals surface area contributed by atoms with Crippen LogP contribution in [0.25, 0.3) is 0 Å². The van der Waals surface area contributed by atoms with E-state index in [-0.39, 0.29) is 18.9 Å². The predicted molar refractivity (Wildman–Crippen MR) is 141 cm³/mol. The van der Waals surface area contributed by atoms with Gasteiger partial charge in [0.15, 0.2) is 0 Å². The Bertz CT molecular complexity index is 751. The van der Waals surface area contributed by atoms with Gasteiger partial charge in [0.2, 0.25) is 5.78 Å². The second kappa shape index (κ2) is 18.9. The van der Waals surface area contributed by atoms with Crippen molar-refractivity contribution >= 4 is 21.7 Å². The van der Waals surface area contributed by atoms with E-state index in [0.717, 1.165) is 32.1 Å². The fourth-order valence-corrected chi connectivity index (χ4v) is 5.13. The van der Waals surface area contributed by atoms with Crippen molar-refractivity contribution in [3.63, 3.8) is 0 Å². The van der Waals surface area contributed by atoms with E-state index >= 15 is 0 Å². The van der Waals surface area contributed by atoms with Crippen LogP contribution in [0.1, 0.15) is 96.8 Å². The number of rotatable bonds is 22. The third-order valence-corrected chi connectivity index (χ3v) is 7.16. The number of β-amino-alcohol motifs (C(OH)–C–C–N with tert-alkyl or cyclic N) is 2. The van der Waals surface area contributed by atoms with E-state index in [2.05, 4.69) is 19.1 Å². The van der Waals surface area contributed by atoms with Crippen LogP contribution in [0.15, 0.2) is 12.2 Å². The molecule has 3 N–H and O–H groups in total. The number of hydrogen-bond donors (Lipinski definition) is 3. The summed E-state index contributed by atoms with van der Waals surface area (Å²) in [6.07, 6.45) is 19.2. The van der Waals surface area contributed by atoms with Crippen LogP contribution in [-0.4, -0.2) is 88.9 Å². The number of amidine groups is 1. The molecule has 0 aromatic rings. The van der Waals surface area contributed by atoms with Crippen LogP contribution in [-0.2, 0) is 14.9 Å². The lowest BCUT2D eigenvalue weighted by Crippen LogP contribution is -2.40. The molecule has 0 fully saturated rings. The first-order valence-electron chi connectivity index (χ1n) is 13.6. The minimum Gasteiger partial charge on any atom is -0.392 e. The van der Waals surface area contributed by atoms with Crippen molar-refractivity contribution in [1.82, 2.24) is 4.90 Å². The van der Waals surface area contributed by atoms with E-state index in [0.29, 0.717) is 31.9 Å². The van der Waals surface area contributed by atoms with Gasteiger partial charge >= 0.3 is 5.84 Å². The fraction of sp³-hybridized carbons (Fsp3) is 0.846. The number of Topliss-reactive ketones (excluding diaryl/α,β-unsaturated/α-hetero) is 1. The van der Waals surface area contributed by atoms with Crippen molar-refractivity contribution in [3.05, 3.63) is 12.2 Å². The SMILES string of the molecule is CCCCCCCCCC/C=C/CCCCCC(=O)C1=[N+](CC(O)CS(=O)(=O)O)CCN1CCO. The van der Waals surface area contributed by atoms with Gasteiger partial charge in [-0.15, -0.1) is 0 Å². The Morgan fingerprint density at radius 1 is 1.00 bits per heavy atom. The summed E-state index contributed by atoms with van der Waals surface area (Å²) in [5.41, 5.74) is 0. The van der Waals surface area contributed by atoms with E-state index in [1.807, 2.05) is 0 Å². The van der Waals surface area contributed by atoms with Gasteiger partial charge in [-0.25, -0.2) is 0 Å². The molecule has 0 aromatic carbocycles. The third kappa shape index (κ3) is 15.4. The summed E-state index contributed by atoms with van der Waals surface area (Å²) in [4.78, 5) is 14.7. The first-order chi connectivity index (χ1) is 16.8. The zero-order chi connectivity index (χ0) is 25.9. The van der Waals surface area contributed by atoms with E-state index in [1.165, 1.54) is 51.4 Å². The van der Waals surface area contributed by atoms with Gasteiger partial charge < -0.3 is 10.2 Å². The lowest BCUT2D eigenvalue weighted by Gasteiger charge is -2.13. The molecule has 35 heavy (non-hydrogen) atoms. The van der Waals surface area contributed by atoms with Crippen LogP contribution in [0.3, 0.4) is 0 Å². The maximum Gasteiger partial charge on any atom is 0.316 e. The van der Waals surface area contributed by atoms with Gasteiger partial charge in [-0.1, -0.05) is 70.4 Å². The highest BCUT2D eigenvalue weighted by Crippen LogP contribution is 2.12. The minimum atomic E-state index is -4.29. The van der Waals surface area contributed by atoms with Crippen molar-refractivity contribution in [2.45, 2.75) is 103 Å². The Kier molecular flexibility index (Phi) is 17.1. The highest BCUT2D eigenvalue weighted by Gasteiger charge is 2.36. The number of allylic oxidation sites excluding steroid dienone is 2. The smallest absolute Gasteiger partial charge is 0.316 e. The standard InChI is InChI=1S/C26H48N2O6S/c1-2-3-4-5-6-7-8-9-10-11-12-13-14-15-16-17-25(31)26-27(20-21-29)18-19-28(26)22-24(30)23-35(32,33)34/h11-12,24,29-30H,2-10,13-23H2,1H3/p+1/b12-11+. The number of nitrogens with zero attached hydrogens (tertiary/aromatic N) is 2. The van der Waals surface area contributed by atoms with Gasteiger partial charge in [0.25, 0.3) is 10.1 Å². The summed E-state index contributed by atoms with van der Waals surface area (Å²) in [6, 6.07) is 0. The second-order valence-electron chi connectivity index (χ2n) is 9.64. The summed E-state index contributed by atoms with van der Waals surface area (Å²) in [7, 11) is -4.29. The van der Waals surface area contributed by atoms with Gasteiger partial charge in [-0.2, -0.15) is 8.42 Å². The molecular weight excluding hydrogens is 468 g/mol. The molecule has 0 saturated carbocycles. The normalized spacial score (nSPS) is 15.5. The van der Waals surface area contributed by atoms with Crippen LogP contribution in [0.4, 0.5) is 0 Å². The van der Waals surface area contributed by atoms with Crippen molar-refractivity contribution in [3.8, 4) is 0 Å². The Morgan fingerprint density at radius 3 is 2.14 bits per heavy atom. The molecule has 204 valence electrons. The van der Waals surface area contributed by atoms with E-state index < -0.39 is 22.0 Å². The first-order valence-corrected chi connectivity index (χ1v) is 15.2. The number of aliphatic hydroxyl groups excluding tert-OH is 2. The zero-order valence-corrected chi connectivity index (χ0v) is 22.6. The van der Waals surface area contributed by atoms with Crippen molar-refractivity contribution < 1.29 is 32.6 Å². The monoisotopic (exact) mass is 517 g/mol. The molecule has 0 bridgehead atoms. The molecule has 9 heteroatoms. The molecule has 1 rings (SSSR count). The quantitative estimate of drug-likeness (QED) is 0.0870. The summed E-state index contributed by atoms with van der Waals surface area (Å²) in [6.45, 7) is 3.42. The molecule has 1 aliphatic rings. The molecule has 1 atom stereocenters. The van der Waals surface area contributed by atoms with E-state index in [4.69, 9.17) is 4.55 Å². The van der Waals surface area contributed by atoms with Crippen LogP contribution in [0, 0.1) is 0 Å². The van der Waals surface area contributed by atoms with Crippen LogP contribution >= 0.6 is 0 Å². The molecule has 0 aromatic heterocycles. The molecule has 1 unspecified atom stereocenters.